The molecule has 0 fully saturated rings. The lowest BCUT2D eigenvalue weighted by atomic mass is 10.2. The van der Waals surface area contributed by atoms with Gasteiger partial charge in [-0.1, -0.05) is 19.9 Å². The van der Waals surface area contributed by atoms with Crippen molar-refractivity contribution < 1.29 is 4.74 Å². The standard InChI is InChI=1S/C11H23NO/c1-5-6-11(4)12-7-8-13-9-10(2)3/h5,10-12H,1,6-9H2,2-4H3. The first-order chi connectivity index (χ1) is 6.16. The molecule has 13 heavy (non-hydrogen) atoms. The molecule has 0 amide bonds. The van der Waals surface area contributed by atoms with Crippen molar-refractivity contribution in [2.75, 3.05) is 19.8 Å². The highest BCUT2D eigenvalue weighted by Crippen LogP contribution is 1.92. The van der Waals surface area contributed by atoms with E-state index in [9.17, 15) is 0 Å². The lowest BCUT2D eigenvalue weighted by Crippen LogP contribution is -2.29. The molecule has 0 heterocycles. The quantitative estimate of drug-likeness (QED) is 0.462. The summed E-state index contributed by atoms with van der Waals surface area (Å²) < 4.78 is 5.44. The number of nitrogens with one attached hydrogen (secondary N) is 1. The molecule has 0 aliphatic heterocycles. The van der Waals surface area contributed by atoms with Gasteiger partial charge in [-0.3, -0.25) is 0 Å². The van der Waals surface area contributed by atoms with Gasteiger partial charge in [-0.2, -0.15) is 0 Å². The van der Waals surface area contributed by atoms with E-state index in [-0.39, 0.29) is 0 Å². The molecule has 78 valence electrons. The van der Waals surface area contributed by atoms with Crippen LogP contribution in [0.3, 0.4) is 0 Å². The summed E-state index contributed by atoms with van der Waals surface area (Å²) in [5, 5.41) is 3.36. The zero-order valence-electron chi connectivity index (χ0n) is 9.18. The third-order valence-electron chi connectivity index (χ3n) is 1.71. The molecular formula is C11H23NO. The minimum absolute atomic E-state index is 0.514. The zero-order chi connectivity index (χ0) is 10.1. The SMILES string of the molecule is C=CCC(C)NCCOCC(C)C. The molecule has 0 aromatic rings. The Bertz CT molecular complexity index is 123. The van der Waals surface area contributed by atoms with Crippen LogP contribution in [-0.2, 0) is 4.74 Å². The fourth-order valence-corrected chi connectivity index (χ4v) is 1.03. The highest BCUT2D eigenvalue weighted by molar-refractivity contribution is 4.74. The summed E-state index contributed by atoms with van der Waals surface area (Å²) in [4.78, 5) is 0. The fraction of sp³-hybridized carbons (Fsp3) is 0.818. The Morgan fingerprint density at radius 1 is 1.38 bits per heavy atom. The van der Waals surface area contributed by atoms with E-state index in [1.807, 2.05) is 6.08 Å². The largest absolute Gasteiger partial charge is 0.380 e. The normalized spacial score (nSPS) is 13.2. The van der Waals surface area contributed by atoms with Crippen molar-refractivity contribution >= 4 is 0 Å². The van der Waals surface area contributed by atoms with E-state index in [0.717, 1.165) is 26.2 Å². The molecule has 2 heteroatoms. The lowest BCUT2D eigenvalue weighted by Gasteiger charge is -2.12. The molecule has 1 unspecified atom stereocenters. The van der Waals surface area contributed by atoms with Crippen molar-refractivity contribution in [3.8, 4) is 0 Å². The summed E-state index contributed by atoms with van der Waals surface area (Å²) >= 11 is 0. The predicted octanol–water partition coefficient (Wildman–Crippen LogP) is 2.21. The molecule has 0 bridgehead atoms. The molecule has 0 radical (unpaired) electrons. The van der Waals surface area contributed by atoms with Crippen molar-refractivity contribution in [2.24, 2.45) is 5.92 Å². The van der Waals surface area contributed by atoms with Crippen molar-refractivity contribution in [2.45, 2.75) is 33.2 Å². The second-order valence-corrected chi connectivity index (χ2v) is 3.85. The summed E-state index contributed by atoms with van der Waals surface area (Å²) in [6, 6.07) is 0.514. The summed E-state index contributed by atoms with van der Waals surface area (Å²) in [5.41, 5.74) is 0. The van der Waals surface area contributed by atoms with Gasteiger partial charge in [-0.15, -0.1) is 6.58 Å². The van der Waals surface area contributed by atoms with Gasteiger partial charge >= 0.3 is 0 Å². The molecule has 0 aliphatic carbocycles. The number of hydrogen-bond donors (Lipinski definition) is 1. The third-order valence-corrected chi connectivity index (χ3v) is 1.71. The van der Waals surface area contributed by atoms with Crippen molar-refractivity contribution in [3.63, 3.8) is 0 Å². The van der Waals surface area contributed by atoms with Crippen molar-refractivity contribution in [1.82, 2.24) is 5.32 Å². The Morgan fingerprint density at radius 3 is 2.62 bits per heavy atom. The Kier molecular flexibility index (Phi) is 8.05. The van der Waals surface area contributed by atoms with Crippen LogP contribution in [-0.4, -0.2) is 25.8 Å². The van der Waals surface area contributed by atoms with E-state index >= 15 is 0 Å². The van der Waals surface area contributed by atoms with Crippen LogP contribution in [0, 0.1) is 5.92 Å². The van der Waals surface area contributed by atoms with Gasteiger partial charge in [0.2, 0.25) is 0 Å². The van der Waals surface area contributed by atoms with Gasteiger partial charge in [0.15, 0.2) is 0 Å². The van der Waals surface area contributed by atoms with Crippen LogP contribution in [0.2, 0.25) is 0 Å². The first kappa shape index (κ1) is 12.7. The number of hydrogen-bond acceptors (Lipinski definition) is 2. The molecule has 2 nitrogen and oxygen atoms in total. The van der Waals surface area contributed by atoms with Crippen LogP contribution in [0.15, 0.2) is 12.7 Å². The molecule has 0 aromatic heterocycles. The van der Waals surface area contributed by atoms with E-state index in [0.29, 0.717) is 12.0 Å². The Hall–Kier alpha value is -0.340. The molecular weight excluding hydrogens is 162 g/mol. The maximum Gasteiger partial charge on any atom is 0.0591 e. The van der Waals surface area contributed by atoms with Crippen molar-refractivity contribution in [1.29, 1.82) is 0 Å². The third kappa shape index (κ3) is 9.57. The summed E-state index contributed by atoms with van der Waals surface area (Å²) in [5.74, 6) is 0.630. The van der Waals surface area contributed by atoms with Gasteiger partial charge < -0.3 is 10.1 Å². The molecule has 0 aromatic carbocycles. The monoisotopic (exact) mass is 185 g/mol. The van der Waals surface area contributed by atoms with Crippen molar-refractivity contribution in [3.05, 3.63) is 12.7 Å². The minimum Gasteiger partial charge on any atom is -0.380 e. The highest BCUT2D eigenvalue weighted by Gasteiger charge is 1.97. The Labute approximate surface area is 82.4 Å². The predicted molar refractivity (Wildman–Crippen MR) is 57.9 cm³/mol. The van der Waals surface area contributed by atoms with Crippen LogP contribution in [0.25, 0.3) is 0 Å². The van der Waals surface area contributed by atoms with E-state index in [1.165, 1.54) is 0 Å². The van der Waals surface area contributed by atoms with E-state index in [1.54, 1.807) is 0 Å². The summed E-state index contributed by atoms with van der Waals surface area (Å²) in [6.07, 6.45) is 2.96. The molecule has 1 atom stereocenters. The summed E-state index contributed by atoms with van der Waals surface area (Å²) in [6.45, 7) is 12.8. The van der Waals surface area contributed by atoms with Crippen LogP contribution in [0.4, 0.5) is 0 Å². The van der Waals surface area contributed by atoms with Crippen LogP contribution in [0.1, 0.15) is 27.2 Å². The van der Waals surface area contributed by atoms with E-state index in [2.05, 4.69) is 32.7 Å². The summed E-state index contributed by atoms with van der Waals surface area (Å²) in [7, 11) is 0. The van der Waals surface area contributed by atoms with Gasteiger partial charge in [0, 0.05) is 19.2 Å². The average Bonchev–Trinajstić information content (AvgIpc) is 2.03. The van der Waals surface area contributed by atoms with Crippen LogP contribution < -0.4 is 5.32 Å². The molecule has 0 spiro atoms. The molecule has 0 aliphatic rings. The van der Waals surface area contributed by atoms with Gasteiger partial charge in [0.1, 0.15) is 0 Å². The fourth-order valence-electron chi connectivity index (χ4n) is 1.03. The second-order valence-electron chi connectivity index (χ2n) is 3.85. The van der Waals surface area contributed by atoms with Gasteiger partial charge in [-0.05, 0) is 19.3 Å². The second kappa shape index (κ2) is 8.27. The minimum atomic E-state index is 0.514. The Balaban J connectivity index is 3.11. The maximum absolute atomic E-state index is 5.44. The zero-order valence-corrected chi connectivity index (χ0v) is 9.18. The van der Waals surface area contributed by atoms with E-state index in [4.69, 9.17) is 4.74 Å². The van der Waals surface area contributed by atoms with Gasteiger partial charge in [0.05, 0.1) is 6.61 Å². The molecule has 1 N–H and O–H groups in total. The van der Waals surface area contributed by atoms with Gasteiger partial charge in [0.25, 0.3) is 0 Å². The smallest absolute Gasteiger partial charge is 0.0591 e. The Morgan fingerprint density at radius 2 is 2.08 bits per heavy atom. The van der Waals surface area contributed by atoms with E-state index < -0.39 is 0 Å². The maximum atomic E-state index is 5.44. The highest BCUT2D eigenvalue weighted by atomic mass is 16.5. The first-order valence-corrected chi connectivity index (χ1v) is 5.08. The topological polar surface area (TPSA) is 21.3 Å². The number of ether oxygens (including phenoxy) is 1. The molecule has 0 rings (SSSR count). The van der Waals surface area contributed by atoms with Crippen LogP contribution in [0.5, 0.6) is 0 Å². The average molecular weight is 185 g/mol. The van der Waals surface area contributed by atoms with Gasteiger partial charge in [-0.25, -0.2) is 0 Å². The first-order valence-electron chi connectivity index (χ1n) is 5.08. The number of rotatable bonds is 8. The lowest BCUT2D eigenvalue weighted by molar-refractivity contribution is 0.110. The molecule has 0 saturated carbocycles. The van der Waals surface area contributed by atoms with Crippen LogP contribution >= 0.6 is 0 Å². The molecule has 0 saturated heterocycles.